The van der Waals surface area contributed by atoms with Gasteiger partial charge in [-0.1, -0.05) is 45.0 Å². The van der Waals surface area contributed by atoms with Crippen molar-refractivity contribution in [3.05, 3.63) is 70.6 Å². The summed E-state index contributed by atoms with van der Waals surface area (Å²) >= 11 is 0. The molecule has 3 rings (SSSR count). The number of hydrogen-bond donors (Lipinski definition) is 0. The van der Waals surface area contributed by atoms with E-state index < -0.39 is 0 Å². The van der Waals surface area contributed by atoms with Crippen LogP contribution in [-0.2, 0) is 29.0 Å². The van der Waals surface area contributed by atoms with E-state index in [1.807, 2.05) is 17.0 Å². The number of ether oxygens (including phenoxy) is 1. The molecule has 2 aromatic rings. The van der Waals surface area contributed by atoms with Crippen LogP contribution in [0.15, 0.2) is 42.6 Å². The van der Waals surface area contributed by atoms with E-state index in [0.717, 1.165) is 55.9 Å². The Kier molecular flexibility index (Phi) is 8.81. The highest BCUT2D eigenvalue weighted by atomic mass is 16.5. The number of carbonyl (C=O) groups is 1. The molecule has 0 saturated carbocycles. The predicted molar refractivity (Wildman–Crippen MR) is 135 cm³/mol. The molecule has 0 spiro atoms. The van der Waals surface area contributed by atoms with E-state index in [1.54, 1.807) is 19.4 Å². The van der Waals surface area contributed by atoms with Gasteiger partial charge in [-0.15, -0.1) is 0 Å². The van der Waals surface area contributed by atoms with Gasteiger partial charge in [0, 0.05) is 45.6 Å². The fraction of sp³-hybridized carbons (Fsp3) is 0.500. The summed E-state index contributed by atoms with van der Waals surface area (Å²) in [4.78, 5) is 22.1. The number of nitrogens with zero attached hydrogens (tertiary/aromatic N) is 3. The highest BCUT2D eigenvalue weighted by Crippen LogP contribution is 2.24. The molecule has 0 N–H and O–H groups in total. The molecule has 5 heteroatoms. The van der Waals surface area contributed by atoms with E-state index in [9.17, 15) is 4.79 Å². The number of hydrogen-bond acceptors (Lipinski definition) is 4. The maximum atomic E-state index is 13.3. The average Bonchev–Trinajstić information content (AvgIpc) is 2.79. The van der Waals surface area contributed by atoms with Gasteiger partial charge in [-0.3, -0.25) is 14.7 Å². The maximum absolute atomic E-state index is 13.3. The highest BCUT2D eigenvalue weighted by Gasteiger charge is 2.20. The fourth-order valence-corrected chi connectivity index (χ4v) is 4.13. The predicted octanol–water partition coefficient (Wildman–Crippen LogP) is 4.87. The monoisotopic (exact) mass is 449 g/mol. The molecule has 0 radical (unpaired) electrons. The number of fused-ring (bicyclic) bond motifs is 1. The van der Waals surface area contributed by atoms with Crippen molar-refractivity contribution in [1.29, 1.82) is 0 Å². The molecule has 5 nitrogen and oxygen atoms in total. The molecule has 2 heterocycles. The maximum Gasteiger partial charge on any atom is 0.246 e. The minimum atomic E-state index is 0.0411. The molecule has 1 aromatic heterocycles. The topological polar surface area (TPSA) is 45.7 Å². The van der Waals surface area contributed by atoms with Gasteiger partial charge in [0.1, 0.15) is 0 Å². The first-order valence-corrected chi connectivity index (χ1v) is 12.0. The van der Waals surface area contributed by atoms with E-state index in [4.69, 9.17) is 4.74 Å². The number of aromatic nitrogens is 1. The summed E-state index contributed by atoms with van der Waals surface area (Å²) in [6.45, 7) is 13.6. The van der Waals surface area contributed by atoms with Gasteiger partial charge in [0.25, 0.3) is 0 Å². The Morgan fingerprint density at radius 2 is 2.06 bits per heavy atom. The second-order valence-electron chi connectivity index (χ2n) is 10.2. The Bertz CT molecular complexity index is 962. The SMILES string of the molecule is COCCN1CCc2c(/C=C/C(=O)N(CCC(C)(C)C)Cc3ncccc3C)cccc2C1. The summed E-state index contributed by atoms with van der Waals surface area (Å²) in [5.41, 5.74) is 6.09. The van der Waals surface area contributed by atoms with Crippen molar-refractivity contribution in [2.45, 2.75) is 53.6 Å². The number of carbonyl (C=O) groups excluding carboxylic acids is 1. The zero-order chi connectivity index (χ0) is 23.8. The number of benzene rings is 1. The van der Waals surface area contributed by atoms with Crippen molar-refractivity contribution in [1.82, 2.24) is 14.8 Å². The van der Waals surface area contributed by atoms with E-state index in [-0.39, 0.29) is 11.3 Å². The largest absolute Gasteiger partial charge is 0.383 e. The number of pyridine rings is 1. The van der Waals surface area contributed by atoms with Gasteiger partial charge >= 0.3 is 0 Å². The Hall–Kier alpha value is -2.50. The summed E-state index contributed by atoms with van der Waals surface area (Å²) in [5.74, 6) is 0.0411. The van der Waals surface area contributed by atoms with Gasteiger partial charge in [-0.25, -0.2) is 0 Å². The van der Waals surface area contributed by atoms with Crippen LogP contribution < -0.4 is 0 Å². The Morgan fingerprint density at radius 3 is 2.79 bits per heavy atom. The van der Waals surface area contributed by atoms with Crippen LogP contribution in [0.2, 0.25) is 0 Å². The fourth-order valence-electron chi connectivity index (χ4n) is 4.13. The summed E-state index contributed by atoms with van der Waals surface area (Å²) in [5, 5.41) is 0. The van der Waals surface area contributed by atoms with Crippen LogP contribution in [0, 0.1) is 12.3 Å². The van der Waals surface area contributed by atoms with Crippen molar-refractivity contribution < 1.29 is 9.53 Å². The van der Waals surface area contributed by atoms with Crippen LogP contribution in [0.1, 0.15) is 55.1 Å². The van der Waals surface area contributed by atoms with Gasteiger partial charge in [-0.05, 0) is 59.6 Å². The average molecular weight is 450 g/mol. The molecule has 178 valence electrons. The van der Waals surface area contributed by atoms with Crippen molar-refractivity contribution in [2.24, 2.45) is 5.41 Å². The van der Waals surface area contributed by atoms with Crippen molar-refractivity contribution in [2.75, 3.05) is 33.4 Å². The molecule has 0 unspecified atom stereocenters. The smallest absolute Gasteiger partial charge is 0.246 e. The summed E-state index contributed by atoms with van der Waals surface area (Å²) in [6.07, 6.45) is 7.48. The molecule has 0 atom stereocenters. The van der Waals surface area contributed by atoms with Crippen LogP contribution >= 0.6 is 0 Å². The van der Waals surface area contributed by atoms with Gasteiger partial charge in [-0.2, -0.15) is 0 Å². The third kappa shape index (κ3) is 7.51. The molecule has 1 aromatic carbocycles. The van der Waals surface area contributed by atoms with Gasteiger partial charge in [0.2, 0.25) is 5.91 Å². The minimum absolute atomic E-state index is 0.0411. The van der Waals surface area contributed by atoms with Crippen LogP contribution in [-0.4, -0.2) is 54.0 Å². The number of amides is 1. The minimum Gasteiger partial charge on any atom is -0.383 e. The van der Waals surface area contributed by atoms with Crippen LogP contribution in [0.3, 0.4) is 0 Å². The zero-order valence-corrected chi connectivity index (χ0v) is 20.9. The second-order valence-corrected chi connectivity index (χ2v) is 10.2. The third-order valence-electron chi connectivity index (χ3n) is 6.30. The summed E-state index contributed by atoms with van der Waals surface area (Å²) in [6, 6.07) is 10.4. The molecule has 0 aliphatic carbocycles. The lowest BCUT2D eigenvalue weighted by molar-refractivity contribution is -0.126. The Balaban J connectivity index is 1.75. The van der Waals surface area contributed by atoms with Crippen LogP contribution in [0.25, 0.3) is 6.08 Å². The van der Waals surface area contributed by atoms with Crippen molar-refractivity contribution >= 4 is 12.0 Å². The number of aryl methyl sites for hydroxylation is 1. The first-order chi connectivity index (χ1) is 15.8. The van der Waals surface area contributed by atoms with Crippen molar-refractivity contribution in [3.8, 4) is 0 Å². The van der Waals surface area contributed by atoms with E-state index >= 15 is 0 Å². The van der Waals surface area contributed by atoms with Gasteiger partial charge in [0.05, 0.1) is 18.8 Å². The molecular formula is C28H39N3O2. The molecule has 1 amide bonds. The van der Waals surface area contributed by atoms with E-state index in [0.29, 0.717) is 13.1 Å². The lowest BCUT2D eigenvalue weighted by atomic mass is 9.92. The second kappa shape index (κ2) is 11.6. The zero-order valence-electron chi connectivity index (χ0n) is 20.9. The quantitative estimate of drug-likeness (QED) is 0.512. The third-order valence-corrected chi connectivity index (χ3v) is 6.30. The molecule has 0 bridgehead atoms. The first kappa shape index (κ1) is 25.1. The van der Waals surface area contributed by atoms with Gasteiger partial charge < -0.3 is 9.64 Å². The van der Waals surface area contributed by atoms with Crippen molar-refractivity contribution in [3.63, 3.8) is 0 Å². The number of rotatable bonds is 9. The summed E-state index contributed by atoms with van der Waals surface area (Å²) < 4.78 is 5.23. The molecule has 33 heavy (non-hydrogen) atoms. The molecule has 1 aliphatic rings. The van der Waals surface area contributed by atoms with E-state index in [2.05, 4.69) is 61.8 Å². The van der Waals surface area contributed by atoms with Crippen LogP contribution in [0.5, 0.6) is 0 Å². The van der Waals surface area contributed by atoms with E-state index in [1.165, 1.54) is 11.1 Å². The van der Waals surface area contributed by atoms with Crippen LogP contribution in [0.4, 0.5) is 0 Å². The first-order valence-electron chi connectivity index (χ1n) is 12.0. The standard InChI is InChI=1S/C28H39N3O2/c1-22-8-7-15-29-26(22)21-31(17-14-28(2,3)4)27(32)12-11-23-9-6-10-24-20-30(18-19-33-5)16-13-25(23)24/h6-12,15H,13-14,16-21H2,1-5H3/b12-11+. The molecule has 0 fully saturated rings. The number of methoxy groups -OCH3 is 1. The van der Waals surface area contributed by atoms with Gasteiger partial charge in [0.15, 0.2) is 0 Å². The lowest BCUT2D eigenvalue weighted by Crippen LogP contribution is -2.33. The summed E-state index contributed by atoms with van der Waals surface area (Å²) in [7, 11) is 1.75. The lowest BCUT2D eigenvalue weighted by Gasteiger charge is -2.29. The Labute approximate surface area is 199 Å². The Morgan fingerprint density at radius 1 is 1.24 bits per heavy atom. The molecule has 1 aliphatic heterocycles. The molecule has 0 saturated heterocycles. The molecular weight excluding hydrogens is 410 g/mol. The highest BCUT2D eigenvalue weighted by molar-refractivity contribution is 5.92. The normalized spacial score (nSPS) is 14.5.